The van der Waals surface area contributed by atoms with Crippen molar-refractivity contribution in [2.75, 3.05) is 0 Å². The van der Waals surface area contributed by atoms with E-state index in [4.69, 9.17) is 28.3 Å². The lowest BCUT2D eigenvalue weighted by atomic mass is 10.2. The number of carboxylic acid groups (broad SMARTS) is 1. The van der Waals surface area contributed by atoms with Gasteiger partial charge in [0.15, 0.2) is 5.69 Å². The third-order valence-electron chi connectivity index (χ3n) is 1.98. The van der Waals surface area contributed by atoms with Crippen LogP contribution in [-0.4, -0.2) is 16.1 Å². The quantitative estimate of drug-likeness (QED) is 0.600. The first-order chi connectivity index (χ1) is 8.00. The molecule has 0 amide bonds. The third-order valence-corrected chi connectivity index (χ3v) is 4.77. The lowest BCUT2D eigenvalue weighted by molar-refractivity contribution is 0.0691. The number of aromatic carboxylic acids is 1. The molecule has 0 atom stereocenters. The molecule has 3 nitrogen and oxygen atoms in total. The Morgan fingerprint density at radius 3 is 2.71 bits per heavy atom. The van der Waals surface area contributed by atoms with Gasteiger partial charge in [-0.05, 0) is 34.7 Å². The van der Waals surface area contributed by atoms with Gasteiger partial charge >= 0.3 is 5.97 Å². The Bertz CT molecular complexity index is 600. The topological polar surface area (TPSA) is 50.2 Å². The van der Waals surface area contributed by atoms with Crippen LogP contribution in [0, 0.1) is 3.57 Å². The number of aromatic nitrogens is 1. The van der Waals surface area contributed by atoms with Gasteiger partial charge in [-0.2, -0.15) is 0 Å². The van der Waals surface area contributed by atoms with Crippen molar-refractivity contribution in [1.29, 1.82) is 0 Å². The third kappa shape index (κ3) is 2.57. The molecule has 7 heteroatoms. The van der Waals surface area contributed by atoms with Crippen molar-refractivity contribution < 1.29 is 9.90 Å². The van der Waals surface area contributed by atoms with E-state index in [0.717, 1.165) is 3.57 Å². The second-order valence-electron chi connectivity index (χ2n) is 3.06. The van der Waals surface area contributed by atoms with Crippen LogP contribution in [0.4, 0.5) is 0 Å². The number of benzene rings is 1. The Hall–Kier alpha value is -0.370. The molecule has 0 aliphatic rings. The number of halogens is 3. The van der Waals surface area contributed by atoms with Crippen LogP contribution in [0.1, 0.15) is 10.5 Å². The van der Waals surface area contributed by atoms with Crippen LogP contribution in [0.25, 0.3) is 10.6 Å². The summed E-state index contributed by atoms with van der Waals surface area (Å²) < 4.78 is 0.843. The highest BCUT2D eigenvalue weighted by Crippen LogP contribution is 2.38. The second kappa shape index (κ2) is 5.09. The zero-order chi connectivity index (χ0) is 12.6. The van der Waals surface area contributed by atoms with Crippen molar-refractivity contribution in [3.63, 3.8) is 0 Å². The first kappa shape index (κ1) is 13.1. The number of hydrogen-bond donors (Lipinski definition) is 1. The Balaban J connectivity index is 2.60. The molecule has 2 rings (SSSR count). The molecular formula is C10H4Cl2INO2S. The van der Waals surface area contributed by atoms with Crippen LogP contribution in [0.15, 0.2) is 17.5 Å². The first-order valence-corrected chi connectivity index (χ1v) is 7.05. The minimum absolute atomic E-state index is 0.00371. The summed E-state index contributed by atoms with van der Waals surface area (Å²) in [6, 6.07) is 3.51. The Morgan fingerprint density at radius 2 is 2.12 bits per heavy atom. The van der Waals surface area contributed by atoms with Crippen LogP contribution in [0.5, 0.6) is 0 Å². The smallest absolute Gasteiger partial charge is 0.355 e. The summed E-state index contributed by atoms with van der Waals surface area (Å²) in [5, 5.41) is 11.7. The lowest BCUT2D eigenvalue weighted by Crippen LogP contribution is -1.96. The number of hydrogen-bond acceptors (Lipinski definition) is 3. The van der Waals surface area contributed by atoms with Crippen LogP contribution in [0.2, 0.25) is 10.0 Å². The zero-order valence-electron chi connectivity index (χ0n) is 8.08. The van der Waals surface area contributed by atoms with E-state index in [1.807, 2.05) is 0 Å². The highest BCUT2D eigenvalue weighted by molar-refractivity contribution is 14.1. The average Bonchev–Trinajstić information content (AvgIpc) is 2.73. The monoisotopic (exact) mass is 399 g/mol. The summed E-state index contributed by atoms with van der Waals surface area (Å²) in [7, 11) is 0. The van der Waals surface area contributed by atoms with Crippen molar-refractivity contribution in [3.8, 4) is 10.6 Å². The van der Waals surface area contributed by atoms with E-state index in [0.29, 0.717) is 20.6 Å². The first-order valence-electron chi connectivity index (χ1n) is 4.33. The van der Waals surface area contributed by atoms with Gasteiger partial charge in [0.1, 0.15) is 5.01 Å². The van der Waals surface area contributed by atoms with Crippen molar-refractivity contribution in [2.24, 2.45) is 0 Å². The predicted octanol–water partition coefficient (Wildman–Crippen LogP) is 4.42. The van der Waals surface area contributed by atoms with Gasteiger partial charge in [-0.25, -0.2) is 9.78 Å². The standard InChI is InChI=1S/C10H4Cl2INO2S/c11-4-1-2-5(13)8(12)7(4)9-14-6(3-17-9)10(15)16/h1-3H,(H,15,16). The van der Waals surface area contributed by atoms with Gasteiger partial charge in [0.25, 0.3) is 0 Å². The highest BCUT2D eigenvalue weighted by atomic mass is 127. The van der Waals surface area contributed by atoms with Gasteiger partial charge in [-0.15, -0.1) is 11.3 Å². The number of nitrogens with zero attached hydrogens (tertiary/aromatic N) is 1. The fourth-order valence-corrected chi connectivity index (χ4v) is 3.18. The van der Waals surface area contributed by atoms with Crippen molar-refractivity contribution in [3.05, 3.63) is 36.8 Å². The number of rotatable bonds is 2. The summed E-state index contributed by atoms with van der Waals surface area (Å²) >= 11 is 15.5. The fourth-order valence-electron chi connectivity index (χ4n) is 1.21. The number of carboxylic acids is 1. The molecule has 0 fully saturated rings. The lowest BCUT2D eigenvalue weighted by Gasteiger charge is -2.05. The molecule has 0 unspecified atom stereocenters. The number of carbonyl (C=O) groups is 1. The molecule has 0 saturated carbocycles. The maximum atomic E-state index is 10.8. The molecule has 88 valence electrons. The average molecular weight is 400 g/mol. The Labute approximate surface area is 125 Å². The van der Waals surface area contributed by atoms with Crippen LogP contribution < -0.4 is 0 Å². The summed E-state index contributed by atoms with van der Waals surface area (Å²) in [5.74, 6) is -1.06. The predicted molar refractivity (Wildman–Crippen MR) is 77.2 cm³/mol. The van der Waals surface area contributed by atoms with Crippen LogP contribution >= 0.6 is 57.1 Å². The molecule has 0 spiro atoms. The second-order valence-corrected chi connectivity index (χ2v) is 5.87. The summed E-state index contributed by atoms with van der Waals surface area (Å²) in [6.07, 6.45) is 0. The van der Waals surface area contributed by atoms with Crippen LogP contribution in [0.3, 0.4) is 0 Å². The maximum absolute atomic E-state index is 10.8. The van der Waals surface area contributed by atoms with Gasteiger partial charge in [-0.3, -0.25) is 0 Å². The van der Waals surface area contributed by atoms with Crippen molar-refractivity contribution in [1.82, 2.24) is 4.98 Å². The molecular weight excluding hydrogens is 396 g/mol. The van der Waals surface area contributed by atoms with E-state index in [1.165, 1.54) is 16.7 Å². The molecule has 1 N–H and O–H groups in total. The largest absolute Gasteiger partial charge is 0.476 e. The molecule has 1 aromatic heterocycles. The normalized spacial score (nSPS) is 10.5. The maximum Gasteiger partial charge on any atom is 0.355 e. The molecule has 0 radical (unpaired) electrons. The molecule has 2 aromatic rings. The van der Waals surface area contributed by atoms with Gasteiger partial charge in [0, 0.05) is 14.5 Å². The van der Waals surface area contributed by atoms with E-state index in [1.54, 1.807) is 12.1 Å². The van der Waals surface area contributed by atoms with E-state index in [-0.39, 0.29) is 5.69 Å². The summed E-state index contributed by atoms with van der Waals surface area (Å²) in [4.78, 5) is 14.7. The summed E-state index contributed by atoms with van der Waals surface area (Å²) in [5.41, 5.74) is 0.578. The molecule has 0 saturated heterocycles. The van der Waals surface area contributed by atoms with E-state index in [2.05, 4.69) is 27.6 Å². The minimum atomic E-state index is -1.06. The van der Waals surface area contributed by atoms with Gasteiger partial charge in [0.2, 0.25) is 0 Å². The van der Waals surface area contributed by atoms with E-state index >= 15 is 0 Å². The Morgan fingerprint density at radius 1 is 1.41 bits per heavy atom. The molecule has 17 heavy (non-hydrogen) atoms. The minimum Gasteiger partial charge on any atom is -0.476 e. The number of thiazole rings is 1. The Kier molecular flexibility index (Phi) is 3.92. The SMILES string of the molecule is O=C(O)c1csc(-c2c(Cl)ccc(I)c2Cl)n1. The van der Waals surface area contributed by atoms with Gasteiger partial charge < -0.3 is 5.11 Å². The zero-order valence-corrected chi connectivity index (χ0v) is 12.6. The summed E-state index contributed by atoms with van der Waals surface area (Å²) in [6.45, 7) is 0. The van der Waals surface area contributed by atoms with E-state index in [9.17, 15) is 4.79 Å². The molecule has 1 heterocycles. The van der Waals surface area contributed by atoms with Gasteiger partial charge in [0.05, 0.1) is 10.0 Å². The highest BCUT2D eigenvalue weighted by Gasteiger charge is 2.16. The van der Waals surface area contributed by atoms with E-state index < -0.39 is 5.97 Å². The molecule has 1 aromatic carbocycles. The molecule has 0 aliphatic heterocycles. The van der Waals surface area contributed by atoms with Crippen molar-refractivity contribution in [2.45, 2.75) is 0 Å². The molecule has 0 aliphatic carbocycles. The molecule has 0 bridgehead atoms. The van der Waals surface area contributed by atoms with Crippen LogP contribution in [-0.2, 0) is 0 Å². The van der Waals surface area contributed by atoms with Crippen molar-refractivity contribution >= 4 is 63.1 Å². The van der Waals surface area contributed by atoms with Gasteiger partial charge in [-0.1, -0.05) is 23.2 Å². The fraction of sp³-hybridized carbons (Fsp3) is 0.